The molecule has 1 aliphatic rings. The zero-order valence-corrected chi connectivity index (χ0v) is 10.8. The van der Waals surface area contributed by atoms with E-state index >= 15 is 0 Å². The Morgan fingerprint density at radius 1 is 0.944 bits per heavy atom. The molecule has 1 atom stereocenters. The largest absolute Gasteiger partial charge is 0.0763 e. The van der Waals surface area contributed by atoms with Crippen molar-refractivity contribution in [2.24, 2.45) is 0 Å². The molecule has 1 aliphatic carbocycles. The van der Waals surface area contributed by atoms with Gasteiger partial charge in [0.2, 0.25) is 0 Å². The maximum Gasteiger partial charge on any atom is -0.00854 e. The molecule has 0 aromatic heterocycles. The van der Waals surface area contributed by atoms with Crippen molar-refractivity contribution < 1.29 is 0 Å². The third-order valence-corrected chi connectivity index (χ3v) is 3.83. The smallest absolute Gasteiger partial charge is 0.00854 e. The minimum atomic E-state index is 0.587. The molecule has 0 bridgehead atoms. The topological polar surface area (TPSA) is 0 Å². The molecule has 18 heavy (non-hydrogen) atoms. The van der Waals surface area contributed by atoms with Crippen LogP contribution in [0.1, 0.15) is 36.0 Å². The van der Waals surface area contributed by atoms with Crippen molar-refractivity contribution >= 4 is 5.57 Å². The Bertz CT molecular complexity index is 564. The third kappa shape index (κ3) is 2.11. The van der Waals surface area contributed by atoms with Crippen molar-refractivity contribution in [1.29, 1.82) is 0 Å². The second-order valence-corrected chi connectivity index (χ2v) is 5.11. The summed E-state index contributed by atoms with van der Waals surface area (Å²) in [6.07, 6.45) is 4.64. The van der Waals surface area contributed by atoms with Gasteiger partial charge in [-0.3, -0.25) is 0 Å². The van der Waals surface area contributed by atoms with Crippen LogP contribution in [0, 0.1) is 0 Å². The van der Waals surface area contributed by atoms with E-state index in [1.807, 2.05) is 0 Å². The lowest BCUT2D eigenvalue weighted by Crippen LogP contribution is -1.95. The Hall–Kier alpha value is -1.82. The van der Waals surface area contributed by atoms with Crippen LogP contribution < -0.4 is 0 Å². The van der Waals surface area contributed by atoms with E-state index in [1.54, 1.807) is 0 Å². The zero-order chi connectivity index (χ0) is 12.4. The van der Waals surface area contributed by atoms with E-state index in [2.05, 4.69) is 67.6 Å². The van der Waals surface area contributed by atoms with Crippen LogP contribution in [0.25, 0.3) is 5.57 Å². The molecule has 0 fully saturated rings. The average molecular weight is 234 g/mol. The van der Waals surface area contributed by atoms with E-state index in [4.69, 9.17) is 0 Å². The number of benzene rings is 2. The number of hydrogen-bond acceptors (Lipinski definition) is 0. The van der Waals surface area contributed by atoms with E-state index < -0.39 is 0 Å². The summed E-state index contributed by atoms with van der Waals surface area (Å²) in [5, 5.41) is 0. The second-order valence-electron chi connectivity index (χ2n) is 5.11. The lowest BCUT2D eigenvalue weighted by molar-refractivity contribution is 0.792. The van der Waals surface area contributed by atoms with Gasteiger partial charge in [-0.15, -0.1) is 0 Å². The summed E-state index contributed by atoms with van der Waals surface area (Å²) in [6.45, 7) is 2.32. The molecule has 2 aromatic rings. The number of allylic oxidation sites excluding steroid dienone is 2. The summed E-state index contributed by atoms with van der Waals surface area (Å²) in [7, 11) is 0. The fraction of sp³-hybridized carbons (Fsp3) is 0.222. The Morgan fingerprint density at radius 3 is 2.50 bits per heavy atom. The molecule has 0 heterocycles. The number of rotatable bonds is 3. The van der Waals surface area contributed by atoms with E-state index in [-0.39, 0.29) is 0 Å². The van der Waals surface area contributed by atoms with Crippen molar-refractivity contribution in [1.82, 2.24) is 0 Å². The van der Waals surface area contributed by atoms with Gasteiger partial charge in [0, 0.05) is 0 Å². The van der Waals surface area contributed by atoms with Crippen molar-refractivity contribution in [3.8, 4) is 0 Å². The van der Waals surface area contributed by atoms with Gasteiger partial charge in [0.05, 0.1) is 0 Å². The first-order chi connectivity index (χ1) is 8.84. The molecule has 1 unspecified atom stereocenters. The van der Waals surface area contributed by atoms with E-state index in [1.165, 1.54) is 22.3 Å². The monoisotopic (exact) mass is 234 g/mol. The maximum atomic E-state index is 2.39. The molecular formula is C18H18. The van der Waals surface area contributed by atoms with Crippen LogP contribution >= 0.6 is 0 Å². The van der Waals surface area contributed by atoms with E-state index in [0.717, 1.165) is 12.8 Å². The number of hydrogen-bond donors (Lipinski definition) is 0. The highest BCUT2D eigenvalue weighted by molar-refractivity contribution is 5.73. The maximum absolute atomic E-state index is 2.39. The Morgan fingerprint density at radius 2 is 1.67 bits per heavy atom. The fourth-order valence-electron chi connectivity index (χ4n) is 2.78. The van der Waals surface area contributed by atoms with E-state index in [0.29, 0.717) is 5.92 Å². The molecule has 0 spiro atoms. The summed E-state index contributed by atoms with van der Waals surface area (Å²) >= 11 is 0. The summed E-state index contributed by atoms with van der Waals surface area (Å²) in [5.41, 5.74) is 5.89. The third-order valence-electron chi connectivity index (χ3n) is 3.83. The normalized spacial score (nSPS) is 15.1. The first kappa shape index (κ1) is 11.3. The van der Waals surface area contributed by atoms with Gasteiger partial charge < -0.3 is 0 Å². The van der Waals surface area contributed by atoms with Gasteiger partial charge in [-0.1, -0.05) is 67.6 Å². The molecule has 2 aromatic carbocycles. The van der Waals surface area contributed by atoms with Crippen LogP contribution in [0.2, 0.25) is 0 Å². The summed E-state index contributed by atoms with van der Waals surface area (Å²) in [6, 6.07) is 19.6. The van der Waals surface area contributed by atoms with Gasteiger partial charge in [-0.2, -0.15) is 0 Å². The summed E-state index contributed by atoms with van der Waals surface area (Å²) < 4.78 is 0. The van der Waals surface area contributed by atoms with E-state index in [9.17, 15) is 0 Å². The minimum Gasteiger partial charge on any atom is -0.0763 e. The van der Waals surface area contributed by atoms with Crippen molar-refractivity contribution in [3.63, 3.8) is 0 Å². The predicted molar refractivity (Wildman–Crippen MR) is 77.6 cm³/mol. The van der Waals surface area contributed by atoms with Crippen molar-refractivity contribution in [2.45, 2.75) is 25.7 Å². The molecular weight excluding hydrogens is 216 g/mol. The van der Waals surface area contributed by atoms with Crippen molar-refractivity contribution in [2.75, 3.05) is 0 Å². The van der Waals surface area contributed by atoms with Crippen LogP contribution in [-0.2, 0) is 6.42 Å². The van der Waals surface area contributed by atoms with Gasteiger partial charge in [0.1, 0.15) is 0 Å². The van der Waals surface area contributed by atoms with Crippen LogP contribution in [0.3, 0.4) is 0 Å². The zero-order valence-electron chi connectivity index (χ0n) is 10.8. The molecule has 0 N–H and O–H groups in total. The molecule has 0 amide bonds. The van der Waals surface area contributed by atoms with Gasteiger partial charge in [0.15, 0.2) is 0 Å². The van der Waals surface area contributed by atoms with Crippen LogP contribution in [0.15, 0.2) is 60.7 Å². The second kappa shape index (κ2) is 4.81. The molecule has 3 rings (SSSR count). The molecule has 0 aliphatic heterocycles. The van der Waals surface area contributed by atoms with Crippen LogP contribution in [0.5, 0.6) is 0 Å². The quantitative estimate of drug-likeness (QED) is 0.714. The lowest BCUT2D eigenvalue weighted by Gasteiger charge is -2.13. The molecule has 90 valence electrons. The molecule has 0 nitrogen and oxygen atoms in total. The van der Waals surface area contributed by atoms with Crippen LogP contribution in [0.4, 0.5) is 0 Å². The number of fused-ring (bicyclic) bond motifs is 1. The van der Waals surface area contributed by atoms with Gasteiger partial charge in [0.25, 0.3) is 0 Å². The molecule has 0 saturated carbocycles. The fourth-order valence-corrected chi connectivity index (χ4v) is 2.78. The minimum absolute atomic E-state index is 0.587. The van der Waals surface area contributed by atoms with Gasteiger partial charge in [-0.25, -0.2) is 0 Å². The Labute approximate surface area is 109 Å². The molecule has 0 radical (unpaired) electrons. The highest BCUT2D eigenvalue weighted by Gasteiger charge is 2.16. The highest BCUT2D eigenvalue weighted by Crippen LogP contribution is 2.34. The van der Waals surface area contributed by atoms with Gasteiger partial charge in [-0.05, 0) is 41.0 Å². The Balaban J connectivity index is 1.79. The summed E-state index contributed by atoms with van der Waals surface area (Å²) in [5.74, 6) is 0.587. The Kier molecular flexibility index (Phi) is 3.02. The average Bonchev–Trinajstić information content (AvgIpc) is 2.83. The lowest BCUT2D eigenvalue weighted by atomic mass is 9.91. The SMILES string of the molecule is CC(CC1=CCc2ccccc21)c1ccccc1. The molecule has 0 saturated heterocycles. The standard InChI is InChI=1S/C18H18/c1-14(15-7-3-2-4-8-15)13-17-12-11-16-9-5-6-10-18(16)17/h2-10,12,14H,11,13H2,1H3. The highest BCUT2D eigenvalue weighted by atomic mass is 14.2. The molecule has 0 heteroatoms. The first-order valence-corrected chi connectivity index (χ1v) is 6.67. The van der Waals surface area contributed by atoms with Crippen molar-refractivity contribution in [3.05, 3.63) is 77.4 Å². The van der Waals surface area contributed by atoms with Crippen LogP contribution in [-0.4, -0.2) is 0 Å². The van der Waals surface area contributed by atoms with Gasteiger partial charge >= 0.3 is 0 Å². The predicted octanol–water partition coefficient (Wildman–Crippen LogP) is 4.82. The summed E-state index contributed by atoms with van der Waals surface area (Å²) in [4.78, 5) is 0. The first-order valence-electron chi connectivity index (χ1n) is 6.67.